The highest BCUT2D eigenvalue weighted by molar-refractivity contribution is 7.89. The van der Waals surface area contributed by atoms with E-state index in [9.17, 15) is 13.2 Å². The maximum Gasteiger partial charge on any atom is 0.336 e. The highest BCUT2D eigenvalue weighted by Gasteiger charge is 2.31. The summed E-state index contributed by atoms with van der Waals surface area (Å²) in [6, 6.07) is 12.9. The van der Waals surface area contributed by atoms with E-state index in [4.69, 9.17) is 4.42 Å². The zero-order valence-electron chi connectivity index (χ0n) is 20.1. The standard InChI is InChI=1S/C26H32N2O4S/c1-18-6-11-23-20(16-24(29)32-25(23)19(18)2)17-27-12-14-28(15-13-27)33(30,31)22-9-7-21(8-10-22)26(3,4)5/h6-11,16H,12-15,17H2,1-5H3/p+1. The van der Waals surface area contributed by atoms with Gasteiger partial charge in [-0.1, -0.05) is 45.0 Å². The second-order valence-electron chi connectivity index (χ2n) is 10.1. The third kappa shape index (κ3) is 4.76. The molecule has 0 atom stereocenters. The Balaban J connectivity index is 1.48. The molecular weight excluding hydrogens is 436 g/mol. The number of nitrogens with zero attached hydrogens (tertiary/aromatic N) is 1. The van der Waals surface area contributed by atoms with Crippen molar-refractivity contribution in [3.8, 4) is 0 Å². The molecule has 33 heavy (non-hydrogen) atoms. The number of nitrogens with one attached hydrogen (secondary N) is 1. The summed E-state index contributed by atoms with van der Waals surface area (Å²) in [6.45, 7) is 13.3. The topological polar surface area (TPSA) is 72.0 Å². The summed E-state index contributed by atoms with van der Waals surface area (Å²) in [5.74, 6) is 0. The Hall–Kier alpha value is -2.48. The smallest absolute Gasteiger partial charge is 0.336 e. The van der Waals surface area contributed by atoms with Crippen LogP contribution in [0.2, 0.25) is 0 Å². The molecule has 0 amide bonds. The van der Waals surface area contributed by atoms with Crippen LogP contribution >= 0.6 is 0 Å². The Morgan fingerprint density at radius 3 is 2.24 bits per heavy atom. The number of hydrogen-bond donors (Lipinski definition) is 1. The van der Waals surface area contributed by atoms with Crippen molar-refractivity contribution in [2.75, 3.05) is 26.2 Å². The van der Waals surface area contributed by atoms with Crippen LogP contribution in [-0.2, 0) is 22.0 Å². The molecule has 2 aromatic carbocycles. The molecule has 3 aromatic rings. The van der Waals surface area contributed by atoms with Gasteiger partial charge >= 0.3 is 5.63 Å². The van der Waals surface area contributed by atoms with E-state index in [0.717, 1.165) is 27.6 Å². The first-order chi connectivity index (χ1) is 15.5. The lowest BCUT2D eigenvalue weighted by Crippen LogP contribution is -3.13. The lowest BCUT2D eigenvalue weighted by molar-refractivity contribution is -0.917. The number of quaternary nitrogens is 1. The summed E-state index contributed by atoms with van der Waals surface area (Å²) in [5, 5.41) is 0.958. The molecule has 1 aromatic heterocycles. The second kappa shape index (κ2) is 8.70. The molecule has 1 saturated heterocycles. The van der Waals surface area contributed by atoms with Gasteiger partial charge < -0.3 is 9.32 Å². The number of piperazine rings is 1. The third-order valence-corrected chi connectivity index (χ3v) is 8.66. The van der Waals surface area contributed by atoms with E-state index in [2.05, 4.69) is 20.8 Å². The van der Waals surface area contributed by atoms with Gasteiger partial charge in [-0.3, -0.25) is 0 Å². The average molecular weight is 470 g/mol. The van der Waals surface area contributed by atoms with E-state index in [-0.39, 0.29) is 11.0 Å². The first-order valence-electron chi connectivity index (χ1n) is 11.4. The van der Waals surface area contributed by atoms with Crippen molar-refractivity contribution in [3.63, 3.8) is 0 Å². The fourth-order valence-electron chi connectivity index (χ4n) is 4.44. The van der Waals surface area contributed by atoms with Gasteiger partial charge in [-0.2, -0.15) is 4.31 Å². The Kier molecular flexibility index (Phi) is 6.24. The fraction of sp³-hybridized carbons (Fsp3) is 0.423. The summed E-state index contributed by atoms with van der Waals surface area (Å²) < 4.78 is 33.4. The van der Waals surface area contributed by atoms with Crippen molar-refractivity contribution in [1.82, 2.24) is 4.31 Å². The van der Waals surface area contributed by atoms with Crippen LogP contribution in [0.15, 0.2) is 56.6 Å². The number of hydrogen-bond acceptors (Lipinski definition) is 4. The predicted octanol–water partition coefficient (Wildman–Crippen LogP) is 2.80. The molecule has 1 aliphatic heterocycles. The van der Waals surface area contributed by atoms with Gasteiger partial charge in [0.2, 0.25) is 10.0 Å². The molecule has 1 aliphatic rings. The van der Waals surface area contributed by atoms with E-state index in [1.165, 1.54) is 4.90 Å². The summed E-state index contributed by atoms with van der Waals surface area (Å²) in [7, 11) is -3.52. The van der Waals surface area contributed by atoms with E-state index < -0.39 is 10.0 Å². The van der Waals surface area contributed by atoms with Crippen molar-refractivity contribution < 1.29 is 17.7 Å². The maximum absolute atomic E-state index is 13.2. The van der Waals surface area contributed by atoms with E-state index in [1.807, 2.05) is 38.1 Å². The number of benzene rings is 2. The van der Waals surface area contributed by atoms with Crippen LogP contribution in [-0.4, -0.2) is 38.9 Å². The van der Waals surface area contributed by atoms with Crippen LogP contribution in [0.5, 0.6) is 0 Å². The minimum Gasteiger partial charge on any atom is -0.422 e. The molecule has 4 rings (SSSR count). The molecule has 176 valence electrons. The lowest BCUT2D eigenvalue weighted by Gasteiger charge is -2.31. The van der Waals surface area contributed by atoms with Gasteiger partial charge in [0.15, 0.2) is 0 Å². The zero-order valence-corrected chi connectivity index (χ0v) is 20.9. The quantitative estimate of drug-likeness (QED) is 0.597. The van der Waals surface area contributed by atoms with Gasteiger partial charge in [-0.05, 0) is 48.1 Å². The highest BCUT2D eigenvalue weighted by atomic mass is 32.2. The number of rotatable bonds is 4. The molecule has 6 nitrogen and oxygen atoms in total. The van der Waals surface area contributed by atoms with Crippen molar-refractivity contribution in [1.29, 1.82) is 0 Å². The molecule has 1 fully saturated rings. The van der Waals surface area contributed by atoms with Crippen LogP contribution < -0.4 is 10.5 Å². The molecule has 0 bridgehead atoms. The van der Waals surface area contributed by atoms with E-state index in [0.29, 0.717) is 43.2 Å². The third-order valence-electron chi connectivity index (χ3n) is 6.75. The van der Waals surface area contributed by atoms with Crippen molar-refractivity contribution in [3.05, 3.63) is 75.1 Å². The number of sulfonamides is 1. The van der Waals surface area contributed by atoms with E-state index in [1.54, 1.807) is 22.5 Å². The molecule has 1 N–H and O–H groups in total. The summed E-state index contributed by atoms with van der Waals surface area (Å²) in [5.41, 5.74) is 4.42. The Morgan fingerprint density at radius 1 is 1.00 bits per heavy atom. The predicted molar refractivity (Wildman–Crippen MR) is 130 cm³/mol. The molecule has 7 heteroatoms. The zero-order chi connectivity index (χ0) is 24.0. The van der Waals surface area contributed by atoms with Crippen molar-refractivity contribution in [2.45, 2.75) is 51.5 Å². The van der Waals surface area contributed by atoms with Crippen LogP contribution in [0.25, 0.3) is 11.0 Å². The second-order valence-corrected chi connectivity index (χ2v) is 12.0. The van der Waals surface area contributed by atoms with Crippen molar-refractivity contribution in [2.24, 2.45) is 0 Å². The fourth-order valence-corrected chi connectivity index (χ4v) is 5.88. The minimum atomic E-state index is -3.52. The summed E-state index contributed by atoms with van der Waals surface area (Å²) in [4.78, 5) is 13.8. The van der Waals surface area contributed by atoms with Gasteiger partial charge in [0, 0.05) is 17.0 Å². The van der Waals surface area contributed by atoms with Crippen molar-refractivity contribution >= 4 is 21.0 Å². The average Bonchev–Trinajstić information content (AvgIpc) is 2.76. The first kappa shape index (κ1) is 23.7. The Labute approximate surface area is 195 Å². The molecule has 0 spiro atoms. The minimum absolute atomic E-state index is 0.0205. The van der Waals surface area contributed by atoms with Gasteiger partial charge in [-0.25, -0.2) is 13.2 Å². The van der Waals surface area contributed by atoms with Crippen LogP contribution in [0.3, 0.4) is 0 Å². The summed E-state index contributed by atoms with van der Waals surface area (Å²) in [6.07, 6.45) is 0. The summed E-state index contributed by atoms with van der Waals surface area (Å²) >= 11 is 0. The van der Waals surface area contributed by atoms with E-state index >= 15 is 0 Å². The molecule has 2 heterocycles. The Bertz CT molecular complexity index is 1330. The molecule has 0 aliphatic carbocycles. The molecule has 0 saturated carbocycles. The van der Waals surface area contributed by atoms with Gasteiger partial charge in [-0.15, -0.1) is 0 Å². The number of aryl methyl sites for hydroxylation is 2. The van der Waals surface area contributed by atoms with Gasteiger partial charge in [0.25, 0.3) is 0 Å². The normalized spacial score (nSPS) is 16.4. The monoisotopic (exact) mass is 469 g/mol. The van der Waals surface area contributed by atoms with Crippen LogP contribution in [0, 0.1) is 13.8 Å². The lowest BCUT2D eigenvalue weighted by atomic mass is 9.87. The molecule has 0 unspecified atom stereocenters. The first-order valence-corrected chi connectivity index (χ1v) is 12.9. The molecule has 0 radical (unpaired) electrons. The largest absolute Gasteiger partial charge is 0.422 e. The maximum atomic E-state index is 13.2. The highest BCUT2D eigenvalue weighted by Crippen LogP contribution is 2.25. The van der Waals surface area contributed by atoms with Crippen LogP contribution in [0.4, 0.5) is 0 Å². The van der Waals surface area contributed by atoms with Gasteiger partial charge in [0.05, 0.1) is 31.1 Å². The van der Waals surface area contributed by atoms with Gasteiger partial charge in [0.1, 0.15) is 12.1 Å². The number of fused-ring (bicyclic) bond motifs is 1. The Morgan fingerprint density at radius 2 is 1.64 bits per heavy atom. The van der Waals surface area contributed by atoms with Crippen LogP contribution in [0.1, 0.15) is 43.0 Å². The molecular formula is C26H33N2O4S+. The SMILES string of the molecule is Cc1ccc2c(C[NH+]3CCN(S(=O)(=O)c4ccc(C(C)(C)C)cc4)CC3)cc(=O)oc2c1C.